The van der Waals surface area contributed by atoms with E-state index in [1.54, 1.807) is 36.4 Å². The molecule has 15 heteroatoms. The summed E-state index contributed by atoms with van der Waals surface area (Å²) in [5, 5.41) is 13.7. The normalized spacial score (nSPS) is 11.2. The molecule has 0 amide bonds. The topological polar surface area (TPSA) is 183 Å². The lowest BCUT2D eigenvalue weighted by Gasteiger charge is -2.20. The largest absolute Gasteiger partial charge is 0.497 e. The third kappa shape index (κ3) is 7.52. The summed E-state index contributed by atoms with van der Waals surface area (Å²) in [5.74, 6) is 2.34. The van der Waals surface area contributed by atoms with Gasteiger partial charge < -0.3 is 34.0 Å². The maximum atomic E-state index is 12.0. The lowest BCUT2D eigenvalue weighted by Crippen LogP contribution is -2.15. The molecule has 9 aromatic rings. The Kier molecular flexibility index (Phi) is 11.2. The number of aromatic nitrogens is 8. The van der Waals surface area contributed by atoms with Crippen molar-refractivity contribution in [2.45, 2.75) is 5.92 Å². The van der Waals surface area contributed by atoms with Crippen molar-refractivity contribution in [3.05, 3.63) is 145 Å². The summed E-state index contributed by atoms with van der Waals surface area (Å²) < 4.78 is 21.1. The van der Waals surface area contributed by atoms with Crippen LogP contribution in [0.3, 0.4) is 0 Å². The van der Waals surface area contributed by atoms with E-state index >= 15 is 0 Å². The molecular weight excluding hydrogens is 837 g/mol. The average molecular weight is 875 g/mol. The summed E-state index contributed by atoms with van der Waals surface area (Å²) in [6.07, 6.45) is 0. The van der Waals surface area contributed by atoms with Crippen LogP contribution in [-0.4, -0.2) is 90.4 Å². The van der Waals surface area contributed by atoms with E-state index < -0.39 is 11.9 Å². The summed E-state index contributed by atoms with van der Waals surface area (Å²) in [5.41, 5.74) is 7.39. The molecule has 6 aromatic carbocycles. The second kappa shape index (κ2) is 17.4. The summed E-state index contributed by atoms with van der Waals surface area (Å²) in [6.45, 7) is 0. The first-order valence-electron chi connectivity index (χ1n) is 20.2. The number of hydrogen-bond acceptors (Lipinski definition) is 11. The SMILES string of the molecule is COc1ccc(OC)c(C(C(=O)O)c2cc(OC)ccc2OC)c1.[Si].c1ccc2c(c1)-c1nc-2nc2[nH]c(nc3nc(nc4[nH]c(n1)c1ccccc41)-c1ccccc1-3)c1ccccc21. The standard InChI is InChI=1S/C32H18N8.C18H20O6.Si/c1-2-10-18-17(9-1)25-33-26(18)38-28-21-13-5-6-14-22(21)30(35-28)40-32-24-16-8-7-15-23(24)31(36-32)39-29-20-12-4-3-11-19(20)27(34-29)37-25;1-21-11-5-7-15(23-3)13(9-11)17(18(19)20)14-10-12(22-2)6-8-16(14)24-4;/h1-16H,(H2,33,34,35,36,37,38,39,40);5-10,17H,1-4H3,(H,19,20);. The van der Waals surface area contributed by atoms with E-state index in [1.165, 1.54) is 28.4 Å². The van der Waals surface area contributed by atoms with Crippen LogP contribution < -0.4 is 18.9 Å². The molecule has 2 aliphatic heterocycles. The number of benzene rings is 6. The molecule has 0 saturated carbocycles. The number of nitrogens with zero attached hydrogens (tertiary/aromatic N) is 6. The molecule has 65 heavy (non-hydrogen) atoms. The summed E-state index contributed by atoms with van der Waals surface area (Å²) >= 11 is 0. The van der Waals surface area contributed by atoms with E-state index in [-0.39, 0.29) is 11.0 Å². The Morgan fingerprint density at radius 1 is 0.446 bits per heavy atom. The molecule has 3 N–H and O–H groups in total. The van der Waals surface area contributed by atoms with Crippen molar-refractivity contribution in [1.29, 1.82) is 0 Å². The second-order valence-electron chi connectivity index (χ2n) is 14.8. The van der Waals surface area contributed by atoms with E-state index in [4.69, 9.17) is 48.9 Å². The van der Waals surface area contributed by atoms with Crippen LogP contribution in [0.4, 0.5) is 0 Å². The van der Waals surface area contributed by atoms with Gasteiger partial charge in [-0.25, -0.2) is 29.9 Å². The minimum absolute atomic E-state index is 0. The quantitative estimate of drug-likeness (QED) is 0.129. The van der Waals surface area contributed by atoms with Gasteiger partial charge in [-0.05, 0) is 36.4 Å². The molecule has 3 aromatic heterocycles. The van der Waals surface area contributed by atoms with Gasteiger partial charge in [0.2, 0.25) is 0 Å². The third-order valence-electron chi connectivity index (χ3n) is 11.2. The molecule has 0 aliphatic carbocycles. The van der Waals surface area contributed by atoms with Crippen LogP contribution in [0.1, 0.15) is 17.0 Å². The molecule has 318 valence electrons. The van der Waals surface area contributed by atoms with Gasteiger partial charge in [0.05, 0.1) is 28.4 Å². The minimum Gasteiger partial charge on any atom is -0.497 e. The van der Waals surface area contributed by atoms with E-state index in [9.17, 15) is 9.90 Å². The third-order valence-corrected chi connectivity index (χ3v) is 11.2. The van der Waals surface area contributed by atoms with Gasteiger partial charge in [0, 0.05) is 65.9 Å². The van der Waals surface area contributed by atoms with Crippen LogP contribution in [0.15, 0.2) is 133 Å². The Morgan fingerprint density at radius 2 is 0.754 bits per heavy atom. The number of aliphatic carboxylic acids is 1. The van der Waals surface area contributed by atoms with Crippen molar-refractivity contribution in [3.8, 4) is 68.5 Å². The highest BCUT2D eigenvalue weighted by atomic mass is 28.1. The molecule has 5 heterocycles. The zero-order valence-corrected chi connectivity index (χ0v) is 36.5. The summed E-state index contributed by atoms with van der Waals surface area (Å²) in [6, 6.07) is 42.3. The molecule has 0 fully saturated rings. The number of fused-ring (bicyclic) bond motifs is 20. The van der Waals surface area contributed by atoms with Gasteiger partial charge in [0.25, 0.3) is 0 Å². The number of rotatable bonds is 7. The molecular formula is C50H38N8O6Si. The summed E-state index contributed by atoms with van der Waals surface area (Å²) in [7, 11) is 6.03. The van der Waals surface area contributed by atoms with Crippen molar-refractivity contribution in [3.63, 3.8) is 0 Å². The first kappa shape index (κ1) is 41.9. The van der Waals surface area contributed by atoms with E-state index in [1.807, 2.05) is 97.1 Å². The molecule has 8 bridgehead atoms. The van der Waals surface area contributed by atoms with Gasteiger partial charge in [0.1, 0.15) is 51.5 Å². The van der Waals surface area contributed by atoms with Crippen LogP contribution in [0.25, 0.3) is 89.7 Å². The highest BCUT2D eigenvalue weighted by Crippen LogP contribution is 2.41. The maximum absolute atomic E-state index is 12.0. The van der Waals surface area contributed by atoms with Gasteiger partial charge >= 0.3 is 5.97 Å². The highest BCUT2D eigenvalue weighted by molar-refractivity contribution is 6.06. The van der Waals surface area contributed by atoms with E-state index in [2.05, 4.69) is 9.97 Å². The minimum atomic E-state index is -1.03. The molecule has 0 unspecified atom stereocenters. The molecule has 11 rings (SSSR count). The molecule has 0 saturated heterocycles. The van der Waals surface area contributed by atoms with Gasteiger partial charge in [-0.1, -0.05) is 97.1 Å². The highest BCUT2D eigenvalue weighted by Gasteiger charge is 2.30. The van der Waals surface area contributed by atoms with Crippen molar-refractivity contribution in [2.24, 2.45) is 0 Å². The lowest BCUT2D eigenvalue weighted by atomic mass is 9.89. The number of H-pyrrole nitrogens is 2. The number of carboxylic acid groups (broad SMARTS) is 1. The zero-order chi connectivity index (χ0) is 43.9. The Bertz CT molecular complexity index is 3110. The van der Waals surface area contributed by atoms with Crippen LogP contribution in [-0.2, 0) is 4.79 Å². The zero-order valence-electron chi connectivity index (χ0n) is 35.5. The Balaban J connectivity index is 0.000000185. The predicted molar refractivity (Wildman–Crippen MR) is 250 cm³/mol. The fourth-order valence-corrected chi connectivity index (χ4v) is 8.15. The van der Waals surface area contributed by atoms with Gasteiger partial charge in [-0.15, -0.1) is 0 Å². The van der Waals surface area contributed by atoms with Crippen LogP contribution >= 0.6 is 0 Å². The first-order chi connectivity index (χ1) is 31.3. The number of hydrogen-bond donors (Lipinski definition) is 3. The van der Waals surface area contributed by atoms with Gasteiger partial charge in [0.15, 0.2) is 23.3 Å². The molecule has 2 aliphatic rings. The molecule has 0 atom stereocenters. The van der Waals surface area contributed by atoms with E-state index in [0.717, 1.165) is 43.8 Å². The fraction of sp³-hybridized carbons (Fsp3) is 0.100. The number of carboxylic acids is 1. The second-order valence-corrected chi connectivity index (χ2v) is 14.8. The van der Waals surface area contributed by atoms with Crippen molar-refractivity contribution in [2.75, 3.05) is 28.4 Å². The van der Waals surface area contributed by atoms with Gasteiger partial charge in [-0.2, -0.15) is 0 Å². The smallest absolute Gasteiger partial charge is 0.315 e. The van der Waals surface area contributed by atoms with Crippen LogP contribution in [0.5, 0.6) is 23.0 Å². The summed E-state index contributed by atoms with van der Waals surface area (Å²) in [4.78, 5) is 48.8. The van der Waals surface area contributed by atoms with Crippen molar-refractivity contribution in [1.82, 2.24) is 39.9 Å². The molecule has 14 nitrogen and oxygen atoms in total. The fourth-order valence-electron chi connectivity index (χ4n) is 8.15. The number of carbonyl (C=O) groups is 1. The van der Waals surface area contributed by atoms with E-state index in [0.29, 0.717) is 80.0 Å². The average Bonchev–Trinajstić information content (AvgIpc) is 4.07. The number of aromatic amines is 2. The first-order valence-corrected chi connectivity index (χ1v) is 20.2. The van der Waals surface area contributed by atoms with Crippen molar-refractivity contribution < 1.29 is 28.8 Å². The van der Waals surface area contributed by atoms with Crippen LogP contribution in [0.2, 0.25) is 0 Å². The predicted octanol–water partition coefficient (Wildman–Crippen LogP) is 9.43. The monoisotopic (exact) mass is 874 g/mol. The number of methoxy groups -OCH3 is 4. The lowest BCUT2D eigenvalue weighted by molar-refractivity contribution is -0.137. The maximum Gasteiger partial charge on any atom is 0.315 e. The Labute approximate surface area is 376 Å². The van der Waals surface area contributed by atoms with Crippen LogP contribution in [0, 0.1) is 0 Å². The Hall–Kier alpha value is -8.43. The number of ether oxygens (including phenoxy) is 4. The Morgan fingerprint density at radius 3 is 1.03 bits per heavy atom. The van der Waals surface area contributed by atoms with Gasteiger partial charge in [-0.3, -0.25) is 4.79 Å². The molecule has 0 spiro atoms. The molecule has 4 radical (unpaired) electrons. The number of nitrogens with one attached hydrogen (secondary N) is 2. The van der Waals surface area contributed by atoms with Crippen molar-refractivity contribution >= 4 is 61.1 Å².